The lowest BCUT2D eigenvalue weighted by Gasteiger charge is -2.26. The second-order valence-electron chi connectivity index (χ2n) is 6.92. The van der Waals surface area contributed by atoms with Gasteiger partial charge in [-0.3, -0.25) is 9.78 Å². The summed E-state index contributed by atoms with van der Waals surface area (Å²) in [4.78, 5) is 29.8. The van der Waals surface area contributed by atoms with E-state index in [2.05, 4.69) is 19.9 Å². The molecule has 0 saturated carbocycles. The molecule has 8 heteroatoms. The van der Waals surface area contributed by atoms with Gasteiger partial charge in [-0.15, -0.1) is 0 Å². The monoisotopic (exact) mass is 393 g/mol. The number of carbonyl (C=O) groups is 1. The fourth-order valence-corrected chi connectivity index (χ4v) is 3.82. The Hall–Kier alpha value is -3.42. The third-order valence-corrected chi connectivity index (χ3v) is 4.97. The Morgan fingerprint density at radius 2 is 2.03 bits per heavy atom. The summed E-state index contributed by atoms with van der Waals surface area (Å²) in [6.07, 6.45) is 3.85. The van der Waals surface area contributed by atoms with Gasteiger partial charge in [0, 0.05) is 12.0 Å². The highest BCUT2D eigenvalue weighted by Crippen LogP contribution is 2.38. The molecule has 3 aromatic rings. The molecule has 1 atom stereocenters. The fourth-order valence-electron chi connectivity index (χ4n) is 3.82. The quantitative estimate of drug-likeness (QED) is 0.725. The van der Waals surface area contributed by atoms with Crippen molar-refractivity contribution >= 4 is 11.7 Å². The molecule has 0 aliphatic heterocycles. The molecule has 2 heterocycles. The van der Waals surface area contributed by atoms with Crippen molar-refractivity contribution in [3.63, 3.8) is 0 Å². The number of aryl methyl sites for hydroxylation is 1. The summed E-state index contributed by atoms with van der Waals surface area (Å²) in [6, 6.07) is 4.49. The Morgan fingerprint density at radius 1 is 1.21 bits per heavy atom. The van der Waals surface area contributed by atoms with E-state index in [1.54, 1.807) is 19.2 Å². The molecule has 0 fully saturated rings. The second kappa shape index (κ2) is 7.54. The van der Waals surface area contributed by atoms with Crippen molar-refractivity contribution in [1.29, 1.82) is 0 Å². The zero-order valence-electron chi connectivity index (χ0n) is 16.1. The molecule has 148 valence electrons. The zero-order valence-corrected chi connectivity index (χ0v) is 16.1. The van der Waals surface area contributed by atoms with Gasteiger partial charge in [0.25, 0.3) is 0 Å². The Bertz CT molecular complexity index is 1100. The highest BCUT2D eigenvalue weighted by atomic mass is 19.1. The number of hydrogen-bond donors (Lipinski definition) is 1. The molecule has 0 saturated heterocycles. The summed E-state index contributed by atoms with van der Waals surface area (Å²) in [7, 11) is 0. The molecule has 29 heavy (non-hydrogen) atoms. The van der Waals surface area contributed by atoms with E-state index in [0.29, 0.717) is 47.1 Å². The van der Waals surface area contributed by atoms with Crippen molar-refractivity contribution in [2.75, 3.05) is 12.3 Å². The maximum absolute atomic E-state index is 14.1. The first-order valence-corrected chi connectivity index (χ1v) is 9.37. The number of anilines is 1. The topological polar surface area (TPSA) is 104 Å². The molecule has 4 rings (SSSR count). The van der Waals surface area contributed by atoms with Gasteiger partial charge in [0.05, 0.1) is 41.6 Å². The van der Waals surface area contributed by atoms with Crippen LogP contribution < -0.4 is 10.5 Å². The van der Waals surface area contributed by atoms with E-state index in [4.69, 9.17) is 10.5 Å². The number of Topliss-reactive ketones (excluding diaryl/α,β-unsaturated/α-hetero) is 1. The number of hydrogen-bond acceptors (Lipinski definition) is 7. The van der Waals surface area contributed by atoms with Crippen LogP contribution in [0.3, 0.4) is 0 Å². The minimum absolute atomic E-state index is 0.0434. The van der Waals surface area contributed by atoms with Gasteiger partial charge in [-0.2, -0.15) is 0 Å². The smallest absolute Gasteiger partial charge is 0.232 e. The van der Waals surface area contributed by atoms with Crippen LogP contribution in [0.25, 0.3) is 11.3 Å². The fraction of sp³-hybridized carbons (Fsp3) is 0.286. The predicted molar refractivity (Wildman–Crippen MR) is 105 cm³/mol. The molecule has 1 aromatic carbocycles. The SMILES string of the molecule is CCOc1cncc(-c2cc(F)ccc2[C@@H]2CC(=O)c3c(C)nc(N)nc3C2)n1. The number of rotatable bonds is 4. The first-order valence-electron chi connectivity index (χ1n) is 9.37. The number of halogens is 1. The van der Waals surface area contributed by atoms with Gasteiger partial charge in [0.15, 0.2) is 5.78 Å². The molecule has 1 aliphatic rings. The minimum atomic E-state index is -0.391. The van der Waals surface area contributed by atoms with E-state index in [9.17, 15) is 9.18 Å². The van der Waals surface area contributed by atoms with E-state index in [1.165, 1.54) is 18.3 Å². The Labute approximate surface area is 167 Å². The summed E-state index contributed by atoms with van der Waals surface area (Å²) >= 11 is 0. The number of ketones is 1. The first kappa shape index (κ1) is 18.9. The number of fused-ring (bicyclic) bond motifs is 1. The average Bonchev–Trinajstić information content (AvgIpc) is 2.67. The first-order chi connectivity index (χ1) is 14.0. The normalized spacial score (nSPS) is 15.8. The third kappa shape index (κ3) is 3.65. The van der Waals surface area contributed by atoms with Crippen LogP contribution in [-0.2, 0) is 6.42 Å². The van der Waals surface area contributed by atoms with Crippen LogP contribution >= 0.6 is 0 Å². The van der Waals surface area contributed by atoms with Gasteiger partial charge >= 0.3 is 0 Å². The van der Waals surface area contributed by atoms with E-state index in [-0.39, 0.29) is 24.1 Å². The maximum Gasteiger partial charge on any atom is 0.232 e. The number of nitrogens with zero attached hydrogens (tertiary/aromatic N) is 4. The Balaban J connectivity index is 1.78. The van der Waals surface area contributed by atoms with Crippen LogP contribution in [0.2, 0.25) is 0 Å². The number of nitrogens with two attached hydrogens (primary N) is 1. The van der Waals surface area contributed by atoms with Crippen LogP contribution in [0.5, 0.6) is 5.88 Å². The Kier molecular flexibility index (Phi) is 4.92. The molecule has 0 amide bonds. The predicted octanol–water partition coefficient (Wildman–Crippen LogP) is 3.27. The number of aromatic nitrogens is 4. The van der Waals surface area contributed by atoms with Crippen molar-refractivity contribution in [2.45, 2.75) is 32.6 Å². The number of ether oxygens (including phenoxy) is 1. The highest BCUT2D eigenvalue weighted by molar-refractivity contribution is 6.00. The summed E-state index contributed by atoms with van der Waals surface area (Å²) in [5.41, 5.74) is 9.42. The number of carbonyl (C=O) groups excluding carboxylic acids is 1. The molecule has 0 bridgehead atoms. The van der Waals surface area contributed by atoms with Crippen molar-refractivity contribution in [1.82, 2.24) is 19.9 Å². The molecule has 2 aromatic heterocycles. The molecular formula is C21H20FN5O2. The van der Waals surface area contributed by atoms with Crippen molar-refractivity contribution in [3.8, 4) is 17.1 Å². The molecule has 7 nitrogen and oxygen atoms in total. The molecule has 1 aliphatic carbocycles. The van der Waals surface area contributed by atoms with Crippen LogP contribution in [-0.4, -0.2) is 32.3 Å². The van der Waals surface area contributed by atoms with Gasteiger partial charge in [0.2, 0.25) is 11.8 Å². The van der Waals surface area contributed by atoms with E-state index in [1.807, 2.05) is 6.92 Å². The molecular weight excluding hydrogens is 373 g/mol. The highest BCUT2D eigenvalue weighted by Gasteiger charge is 2.31. The summed E-state index contributed by atoms with van der Waals surface area (Å²) in [5.74, 6) is -0.113. The Morgan fingerprint density at radius 3 is 2.83 bits per heavy atom. The van der Waals surface area contributed by atoms with E-state index in [0.717, 1.165) is 5.56 Å². The van der Waals surface area contributed by atoms with Crippen LogP contribution in [0.4, 0.5) is 10.3 Å². The lowest BCUT2D eigenvalue weighted by molar-refractivity contribution is 0.0962. The van der Waals surface area contributed by atoms with Crippen molar-refractivity contribution in [3.05, 3.63) is 58.9 Å². The molecule has 0 unspecified atom stereocenters. The minimum Gasteiger partial charge on any atom is -0.477 e. The van der Waals surface area contributed by atoms with Crippen molar-refractivity contribution in [2.24, 2.45) is 0 Å². The summed E-state index contributed by atoms with van der Waals surface area (Å²) in [6.45, 7) is 4.05. The summed E-state index contributed by atoms with van der Waals surface area (Å²) in [5, 5.41) is 0. The number of nitrogen functional groups attached to an aromatic ring is 1. The largest absolute Gasteiger partial charge is 0.477 e. The average molecular weight is 393 g/mol. The van der Waals surface area contributed by atoms with Crippen LogP contribution in [0, 0.1) is 12.7 Å². The standard InChI is InChI=1S/C21H20FN5O2/c1-3-29-19-10-24-9-17(26-19)15-8-13(22)4-5-14(15)12-6-16-20(18(28)7-12)11(2)25-21(23)27-16/h4-5,8-10,12H,3,6-7H2,1-2H3,(H2,23,25,27)/t12-/m0/s1. The van der Waals surface area contributed by atoms with Crippen molar-refractivity contribution < 1.29 is 13.9 Å². The van der Waals surface area contributed by atoms with Gasteiger partial charge in [-0.05, 0) is 43.9 Å². The molecule has 0 spiro atoms. The number of benzene rings is 1. The lowest BCUT2D eigenvalue weighted by atomic mass is 9.79. The zero-order chi connectivity index (χ0) is 20.5. The van der Waals surface area contributed by atoms with E-state index >= 15 is 0 Å². The van der Waals surface area contributed by atoms with Gasteiger partial charge in [0.1, 0.15) is 5.82 Å². The van der Waals surface area contributed by atoms with Crippen LogP contribution in [0.15, 0.2) is 30.6 Å². The van der Waals surface area contributed by atoms with Crippen LogP contribution in [0.1, 0.15) is 46.6 Å². The lowest BCUT2D eigenvalue weighted by Crippen LogP contribution is -2.23. The van der Waals surface area contributed by atoms with Gasteiger partial charge in [-0.25, -0.2) is 19.3 Å². The van der Waals surface area contributed by atoms with Gasteiger partial charge < -0.3 is 10.5 Å². The maximum atomic E-state index is 14.1. The second-order valence-corrected chi connectivity index (χ2v) is 6.92. The molecule has 0 radical (unpaired) electrons. The van der Waals surface area contributed by atoms with Gasteiger partial charge in [-0.1, -0.05) is 6.07 Å². The van der Waals surface area contributed by atoms with E-state index < -0.39 is 5.82 Å². The molecule has 2 N–H and O–H groups in total. The third-order valence-electron chi connectivity index (χ3n) is 4.97. The summed E-state index contributed by atoms with van der Waals surface area (Å²) < 4.78 is 19.5.